The van der Waals surface area contributed by atoms with E-state index in [0.29, 0.717) is 0 Å². The van der Waals surface area contributed by atoms with Gasteiger partial charge in [-0.25, -0.2) is 13.6 Å². The number of hydrogen-bond donors (Lipinski definition) is 1. The number of pyridine rings is 1. The molecule has 0 unspecified atom stereocenters. The molecule has 0 radical (unpaired) electrons. The summed E-state index contributed by atoms with van der Waals surface area (Å²) < 4.78 is 24.3. The first-order valence-electron chi connectivity index (χ1n) is 3.62. The van der Waals surface area contributed by atoms with Crippen molar-refractivity contribution in [1.29, 1.82) is 0 Å². The molecule has 1 rings (SSSR count). The molecule has 3 nitrogen and oxygen atoms in total. The molecule has 1 aromatic heterocycles. The molecule has 76 valence electrons. The van der Waals surface area contributed by atoms with Gasteiger partial charge in [-0.05, 0) is 11.6 Å². The minimum Gasteiger partial charge on any atom is -0.478 e. The molecule has 0 aliphatic carbocycles. The van der Waals surface area contributed by atoms with Gasteiger partial charge in [0.25, 0.3) is 6.43 Å². The topological polar surface area (TPSA) is 50.2 Å². The average molecular weight is 222 g/mol. The average Bonchev–Trinajstić information content (AvgIpc) is 2.16. The predicted molar refractivity (Wildman–Crippen MR) is 45.7 cm³/mol. The van der Waals surface area contributed by atoms with Crippen LogP contribution in [0.4, 0.5) is 8.78 Å². The van der Waals surface area contributed by atoms with Crippen LogP contribution in [-0.2, 0) is 5.88 Å². The van der Waals surface area contributed by atoms with E-state index in [0.717, 1.165) is 12.3 Å². The third kappa shape index (κ3) is 2.17. The van der Waals surface area contributed by atoms with E-state index < -0.39 is 18.1 Å². The Morgan fingerprint density at radius 1 is 1.64 bits per heavy atom. The molecule has 0 bridgehead atoms. The first-order valence-corrected chi connectivity index (χ1v) is 4.16. The van der Waals surface area contributed by atoms with Gasteiger partial charge in [0, 0.05) is 12.1 Å². The highest BCUT2D eigenvalue weighted by Gasteiger charge is 2.15. The van der Waals surface area contributed by atoms with Crippen LogP contribution in [0.15, 0.2) is 12.3 Å². The Hall–Kier alpha value is -1.23. The summed E-state index contributed by atoms with van der Waals surface area (Å²) >= 11 is 5.42. The van der Waals surface area contributed by atoms with Crippen LogP contribution in [0.25, 0.3) is 0 Å². The molecule has 0 atom stereocenters. The summed E-state index contributed by atoms with van der Waals surface area (Å²) in [6.07, 6.45) is -1.73. The number of nitrogens with zero attached hydrogens (tertiary/aromatic N) is 1. The van der Waals surface area contributed by atoms with Crippen molar-refractivity contribution < 1.29 is 18.7 Å². The molecule has 0 fully saturated rings. The number of carboxylic acid groups (broad SMARTS) is 1. The Labute approximate surface area is 83.3 Å². The summed E-state index contributed by atoms with van der Waals surface area (Å²) in [4.78, 5) is 14.0. The fraction of sp³-hybridized carbons (Fsp3) is 0.250. The van der Waals surface area contributed by atoms with Crippen molar-refractivity contribution in [3.63, 3.8) is 0 Å². The van der Waals surface area contributed by atoms with Gasteiger partial charge in [0.1, 0.15) is 5.69 Å². The second-order valence-corrected chi connectivity index (χ2v) is 2.77. The van der Waals surface area contributed by atoms with Crippen molar-refractivity contribution in [2.45, 2.75) is 12.3 Å². The largest absolute Gasteiger partial charge is 0.478 e. The molecule has 0 spiro atoms. The number of hydrogen-bond acceptors (Lipinski definition) is 2. The van der Waals surface area contributed by atoms with E-state index in [2.05, 4.69) is 4.98 Å². The Kier molecular flexibility index (Phi) is 3.35. The lowest BCUT2D eigenvalue weighted by Gasteiger charge is -2.04. The summed E-state index contributed by atoms with van der Waals surface area (Å²) in [7, 11) is 0. The van der Waals surface area contributed by atoms with E-state index in [9.17, 15) is 13.6 Å². The predicted octanol–water partition coefficient (Wildman–Crippen LogP) is 2.46. The zero-order valence-corrected chi connectivity index (χ0v) is 7.63. The minimum absolute atomic E-state index is 0.0713. The Morgan fingerprint density at radius 2 is 2.29 bits per heavy atom. The number of alkyl halides is 3. The van der Waals surface area contributed by atoms with Crippen molar-refractivity contribution >= 4 is 17.6 Å². The molecule has 14 heavy (non-hydrogen) atoms. The second-order valence-electron chi connectivity index (χ2n) is 2.51. The zero-order valence-electron chi connectivity index (χ0n) is 6.88. The van der Waals surface area contributed by atoms with E-state index in [4.69, 9.17) is 16.7 Å². The van der Waals surface area contributed by atoms with Gasteiger partial charge in [0.05, 0.1) is 5.56 Å². The number of halogens is 3. The summed E-state index contributed by atoms with van der Waals surface area (Å²) in [6.45, 7) is 0. The molecule has 1 heterocycles. The molecule has 1 N–H and O–H groups in total. The molecule has 0 aromatic carbocycles. The first kappa shape index (κ1) is 10.8. The summed E-state index contributed by atoms with van der Waals surface area (Å²) in [5.74, 6) is -1.36. The van der Waals surface area contributed by atoms with E-state index in [-0.39, 0.29) is 17.0 Å². The van der Waals surface area contributed by atoms with E-state index in [1.165, 1.54) is 0 Å². The highest BCUT2D eigenvalue weighted by atomic mass is 35.5. The van der Waals surface area contributed by atoms with Crippen LogP contribution in [0.2, 0.25) is 0 Å². The third-order valence-corrected chi connectivity index (χ3v) is 1.89. The summed E-state index contributed by atoms with van der Waals surface area (Å²) in [5, 5.41) is 8.67. The number of carbonyl (C=O) groups is 1. The maximum atomic E-state index is 12.2. The van der Waals surface area contributed by atoms with Crippen molar-refractivity contribution in [3.8, 4) is 0 Å². The maximum absolute atomic E-state index is 12.2. The van der Waals surface area contributed by atoms with Crippen molar-refractivity contribution in [2.24, 2.45) is 0 Å². The van der Waals surface area contributed by atoms with Gasteiger partial charge in [-0.2, -0.15) is 0 Å². The van der Waals surface area contributed by atoms with Gasteiger partial charge in [0.2, 0.25) is 0 Å². The van der Waals surface area contributed by atoms with Crippen molar-refractivity contribution in [1.82, 2.24) is 4.98 Å². The van der Waals surface area contributed by atoms with Crippen LogP contribution in [0, 0.1) is 0 Å². The standard InChI is InChI=1S/C8H6ClF2NO2/c9-2-4-3-12-6(7(10)11)1-5(4)8(13)14/h1,3,7H,2H2,(H,13,14). The van der Waals surface area contributed by atoms with E-state index in [1.807, 2.05) is 0 Å². The number of rotatable bonds is 3. The maximum Gasteiger partial charge on any atom is 0.336 e. The Bertz CT molecular complexity index is 357. The fourth-order valence-corrected chi connectivity index (χ4v) is 1.14. The molecule has 0 aliphatic heterocycles. The van der Waals surface area contributed by atoms with Crippen LogP contribution in [0.3, 0.4) is 0 Å². The molecule has 0 amide bonds. The molecule has 6 heteroatoms. The van der Waals surface area contributed by atoms with E-state index >= 15 is 0 Å². The third-order valence-electron chi connectivity index (χ3n) is 1.61. The molecular weight excluding hydrogens is 216 g/mol. The smallest absolute Gasteiger partial charge is 0.336 e. The number of aromatic nitrogens is 1. The van der Waals surface area contributed by atoms with Crippen LogP contribution >= 0.6 is 11.6 Å². The summed E-state index contributed by atoms with van der Waals surface area (Å²) in [5.41, 5.74) is -0.565. The van der Waals surface area contributed by atoms with Gasteiger partial charge < -0.3 is 5.11 Å². The SMILES string of the molecule is O=C(O)c1cc(C(F)F)ncc1CCl. The van der Waals surface area contributed by atoms with Crippen LogP contribution in [-0.4, -0.2) is 16.1 Å². The second kappa shape index (κ2) is 4.32. The number of carboxylic acids is 1. The lowest BCUT2D eigenvalue weighted by atomic mass is 10.1. The molecular formula is C8H6ClF2NO2. The van der Waals surface area contributed by atoms with Crippen LogP contribution in [0.5, 0.6) is 0 Å². The summed E-state index contributed by atoms with van der Waals surface area (Å²) in [6, 6.07) is 0.838. The van der Waals surface area contributed by atoms with Gasteiger partial charge in [-0.1, -0.05) is 0 Å². The molecule has 0 aliphatic rings. The van der Waals surface area contributed by atoms with Crippen LogP contribution in [0.1, 0.15) is 28.0 Å². The highest BCUT2D eigenvalue weighted by molar-refractivity contribution is 6.17. The molecule has 1 aromatic rings. The fourth-order valence-electron chi connectivity index (χ4n) is 0.925. The molecule has 0 saturated heterocycles. The van der Waals surface area contributed by atoms with Gasteiger partial charge >= 0.3 is 5.97 Å². The lowest BCUT2D eigenvalue weighted by Crippen LogP contribution is -2.04. The normalized spacial score (nSPS) is 10.6. The highest BCUT2D eigenvalue weighted by Crippen LogP contribution is 2.20. The zero-order chi connectivity index (χ0) is 10.7. The molecule has 0 saturated carbocycles. The Balaban J connectivity index is 3.21. The van der Waals surface area contributed by atoms with Gasteiger partial charge in [-0.15, -0.1) is 11.6 Å². The van der Waals surface area contributed by atoms with Crippen LogP contribution < -0.4 is 0 Å². The number of aromatic carboxylic acids is 1. The van der Waals surface area contributed by atoms with Gasteiger partial charge in [0.15, 0.2) is 0 Å². The van der Waals surface area contributed by atoms with Crippen molar-refractivity contribution in [3.05, 3.63) is 29.1 Å². The van der Waals surface area contributed by atoms with E-state index in [1.54, 1.807) is 0 Å². The Morgan fingerprint density at radius 3 is 2.71 bits per heavy atom. The van der Waals surface area contributed by atoms with Gasteiger partial charge in [-0.3, -0.25) is 4.98 Å². The first-order chi connectivity index (χ1) is 6.56. The van der Waals surface area contributed by atoms with Crippen molar-refractivity contribution in [2.75, 3.05) is 0 Å². The quantitative estimate of drug-likeness (QED) is 0.798. The lowest BCUT2D eigenvalue weighted by molar-refractivity contribution is 0.0695. The monoisotopic (exact) mass is 221 g/mol. The minimum atomic E-state index is -2.78.